The minimum absolute atomic E-state index is 0.310. The second-order valence-electron chi connectivity index (χ2n) is 4.60. The zero-order valence-electron chi connectivity index (χ0n) is 11.3. The molecule has 0 bridgehead atoms. The molecule has 20 heavy (non-hydrogen) atoms. The monoisotopic (exact) mass is 271 g/mol. The van der Waals surface area contributed by atoms with Crippen LogP contribution in [0, 0.1) is 0 Å². The lowest BCUT2D eigenvalue weighted by Gasteiger charge is -2.09. The van der Waals surface area contributed by atoms with Gasteiger partial charge in [-0.25, -0.2) is 0 Å². The lowest BCUT2D eigenvalue weighted by atomic mass is 10.1. The fourth-order valence-corrected chi connectivity index (χ4v) is 2.06. The van der Waals surface area contributed by atoms with Crippen LogP contribution in [0.3, 0.4) is 0 Å². The molecule has 1 heterocycles. The van der Waals surface area contributed by atoms with Gasteiger partial charge in [-0.05, 0) is 13.0 Å². The van der Waals surface area contributed by atoms with Crippen LogP contribution in [0.5, 0.6) is 0 Å². The maximum atomic E-state index is 12.2. The SMILES string of the molecule is C=CCn1cc(C(=O)N[C@@H](C)C(N)=O)c2ccccc21. The summed E-state index contributed by atoms with van der Waals surface area (Å²) in [7, 11) is 0. The number of carbonyl (C=O) groups is 2. The molecule has 0 unspecified atom stereocenters. The van der Waals surface area contributed by atoms with E-state index < -0.39 is 11.9 Å². The second kappa shape index (κ2) is 5.61. The Kier molecular flexibility index (Phi) is 3.89. The quantitative estimate of drug-likeness (QED) is 0.807. The molecule has 0 aliphatic carbocycles. The molecule has 0 saturated carbocycles. The van der Waals surface area contributed by atoms with Crippen LogP contribution in [-0.2, 0) is 11.3 Å². The van der Waals surface area contributed by atoms with Gasteiger partial charge in [0, 0.05) is 23.6 Å². The van der Waals surface area contributed by atoms with Crippen LogP contribution in [0.1, 0.15) is 17.3 Å². The smallest absolute Gasteiger partial charge is 0.254 e. The maximum absolute atomic E-state index is 12.2. The van der Waals surface area contributed by atoms with Crippen LogP contribution < -0.4 is 11.1 Å². The van der Waals surface area contributed by atoms with Crippen molar-refractivity contribution in [1.29, 1.82) is 0 Å². The Morgan fingerprint density at radius 2 is 2.15 bits per heavy atom. The second-order valence-corrected chi connectivity index (χ2v) is 4.60. The van der Waals surface area contributed by atoms with Crippen LogP contribution >= 0.6 is 0 Å². The molecule has 1 aromatic heterocycles. The highest BCUT2D eigenvalue weighted by Gasteiger charge is 2.18. The van der Waals surface area contributed by atoms with Crippen molar-refractivity contribution >= 4 is 22.7 Å². The van der Waals surface area contributed by atoms with Crippen molar-refractivity contribution in [3.63, 3.8) is 0 Å². The number of allylic oxidation sites excluding steroid dienone is 1. The van der Waals surface area contributed by atoms with Crippen molar-refractivity contribution in [2.45, 2.75) is 19.5 Å². The van der Waals surface area contributed by atoms with Crippen LogP contribution in [0.2, 0.25) is 0 Å². The van der Waals surface area contributed by atoms with Crippen LogP contribution in [0.15, 0.2) is 43.1 Å². The number of benzene rings is 1. The molecule has 2 amide bonds. The molecule has 0 radical (unpaired) electrons. The minimum Gasteiger partial charge on any atom is -0.368 e. The highest BCUT2D eigenvalue weighted by molar-refractivity contribution is 6.08. The highest BCUT2D eigenvalue weighted by Crippen LogP contribution is 2.21. The van der Waals surface area contributed by atoms with E-state index in [1.807, 2.05) is 28.8 Å². The summed E-state index contributed by atoms with van der Waals surface area (Å²) in [5.74, 6) is -0.872. The van der Waals surface area contributed by atoms with E-state index in [-0.39, 0.29) is 5.91 Å². The Balaban J connectivity index is 2.41. The average molecular weight is 271 g/mol. The van der Waals surface area contributed by atoms with Crippen molar-refractivity contribution in [2.24, 2.45) is 5.73 Å². The molecule has 0 aliphatic heterocycles. The van der Waals surface area contributed by atoms with Gasteiger partial charge in [0.25, 0.3) is 5.91 Å². The number of nitrogens with one attached hydrogen (secondary N) is 1. The summed E-state index contributed by atoms with van der Waals surface area (Å²) < 4.78 is 1.94. The zero-order valence-corrected chi connectivity index (χ0v) is 11.3. The van der Waals surface area contributed by atoms with Crippen molar-refractivity contribution in [1.82, 2.24) is 9.88 Å². The predicted octanol–water partition coefficient (Wildman–Crippen LogP) is 1.43. The average Bonchev–Trinajstić information content (AvgIpc) is 2.78. The van der Waals surface area contributed by atoms with E-state index in [0.29, 0.717) is 12.1 Å². The Labute approximate surface area is 117 Å². The molecule has 0 aliphatic rings. The van der Waals surface area contributed by atoms with E-state index in [0.717, 1.165) is 10.9 Å². The summed E-state index contributed by atoms with van der Waals surface area (Å²) >= 11 is 0. The van der Waals surface area contributed by atoms with Crippen LogP contribution in [-0.4, -0.2) is 22.4 Å². The van der Waals surface area contributed by atoms with E-state index in [1.54, 1.807) is 19.2 Å². The lowest BCUT2D eigenvalue weighted by molar-refractivity contribution is -0.119. The maximum Gasteiger partial charge on any atom is 0.254 e. The van der Waals surface area contributed by atoms with Gasteiger partial charge in [-0.15, -0.1) is 6.58 Å². The number of nitrogens with two attached hydrogens (primary N) is 1. The number of hydrogen-bond donors (Lipinski definition) is 2. The number of aromatic nitrogens is 1. The van der Waals surface area contributed by atoms with Gasteiger partial charge >= 0.3 is 0 Å². The van der Waals surface area contributed by atoms with E-state index in [1.165, 1.54) is 0 Å². The van der Waals surface area contributed by atoms with Crippen molar-refractivity contribution in [3.05, 3.63) is 48.7 Å². The molecule has 1 atom stereocenters. The van der Waals surface area contributed by atoms with Gasteiger partial charge in [0.05, 0.1) is 5.56 Å². The molecule has 5 heteroatoms. The normalized spacial score (nSPS) is 12.1. The number of primary amides is 1. The first-order valence-electron chi connectivity index (χ1n) is 6.33. The third kappa shape index (κ3) is 2.56. The van der Waals surface area contributed by atoms with E-state index >= 15 is 0 Å². The van der Waals surface area contributed by atoms with Crippen molar-refractivity contribution < 1.29 is 9.59 Å². The third-order valence-corrected chi connectivity index (χ3v) is 3.13. The first kappa shape index (κ1) is 13.9. The largest absolute Gasteiger partial charge is 0.368 e. The molecule has 5 nitrogen and oxygen atoms in total. The Morgan fingerprint density at radius 3 is 2.80 bits per heavy atom. The zero-order chi connectivity index (χ0) is 14.7. The number of fused-ring (bicyclic) bond motifs is 1. The first-order valence-corrected chi connectivity index (χ1v) is 6.33. The summed E-state index contributed by atoms with van der Waals surface area (Å²) in [4.78, 5) is 23.3. The minimum atomic E-state index is -0.705. The number of carbonyl (C=O) groups excluding carboxylic acids is 2. The fourth-order valence-electron chi connectivity index (χ4n) is 2.06. The van der Waals surface area contributed by atoms with E-state index in [4.69, 9.17) is 5.73 Å². The lowest BCUT2D eigenvalue weighted by Crippen LogP contribution is -2.42. The van der Waals surface area contributed by atoms with Gasteiger partial charge in [0.2, 0.25) is 5.91 Å². The number of rotatable bonds is 5. The molecule has 0 saturated heterocycles. The molecule has 1 aromatic carbocycles. The topological polar surface area (TPSA) is 77.1 Å². The number of hydrogen-bond acceptors (Lipinski definition) is 2. The summed E-state index contributed by atoms with van der Waals surface area (Å²) in [6.07, 6.45) is 3.52. The van der Waals surface area contributed by atoms with E-state index in [9.17, 15) is 9.59 Å². The first-order chi connectivity index (χ1) is 9.54. The van der Waals surface area contributed by atoms with E-state index in [2.05, 4.69) is 11.9 Å². The van der Waals surface area contributed by atoms with Gasteiger partial charge in [-0.1, -0.05) is 24.3 Å². The number of nitrogens with zero attached hydrogens (tertiary/aromatic N) is 1. The predicted molar refractivity (Wildman–Crippen MR) is 78.3 cm³/mol. The van der Waals surface area contributed by atoms with Gasteiger partial charge in [0.15, 0.2) is 0 Å². The summed E-state index contributed by atoms with van der Waals surface area (Å²) in [6, 6.07) is 6.89. The molecule has 0 spiro atoms. The van der Waals surface area contributed by atoms with Crippen molar-refractivity contribution in [3.8, 4) is 0 Å². The Hall–Kier alpha value is -2.56. The number of para-hydroxylation sites is 1. The van der Waals surface area contributed by atoms with Gasteiger partial charge < -0.3 is 15.6 Å². The fraction of sp³-hybridized carbons (Fsp3) is 0.200. The molecule has 2 rings (SSSR count). The van der Waals surface area contributed by atoms with Crippen LogP contribution in [0.4, 0.5) is 0 Å². The van der Waals surface area contributed by atoms with Gasteiger partial charge in [0.1, 0.15) is 6.04 Å². The molecule has 3 N–H and O–H groups in total. The summed E-state index contributed by atoms with van der Waals surface area (Å²) in [5, 5.41) is 3.43. The molecule has 0 fully saturated rings. The molecule has 104 valence electrons. The standard InChI is InChI=1S/C15H17N3O2/c1-3-8-18-9-12(11-6-4-5-7-13(11)18)15(20)17-10(2)14(16)19/h3-7,9-10H,1,8H2,2H3,(H2,16,19)(H,17,20)/t10-/m0/s1. The Bertz CT molecular complexity index is 673. The Morgan fingerprint density at radius 1 is 1.45 bits per heavy atom. The summed E-state index contributed by atoms with van der Waals surface area (Å²) in [6.45, 7) is 5.87. The van der Waals surface area contributed by atoms with Crippen LogP contribution in [0.25, 0.3) is 10.9 Å². The molecule has 2 aromatic rings. The molecular formula is C15H17N3O2. The molecular weight excluding hydrogens is 254 g/mol. The van der Waals surface area contributed by atoms with Gasteiger partial charge in [-0.2, -0.15) is 0 Å². The number of amides is 2. The van der Waals surface area contributed by atoms with Gasteiger partial charge in [-0.3, -0.25) is 9.59 Å². The van der Waals surface area contributed by atoms with Crippen molar-refractivity contribution in [2.75, 3.05) is 0 Å². The summed E-state index contributed by atoms with van der Waals surface area (Å²) in [5.41, 5.74) is 6.63. The highest BCUT2D eigenvalue weighted by atomic mass is 16.2. The third-order valence-electron chi connectivity index (χ3n) is 3.13.